The van der Waals surface area contributed by atoms with E-state index in [0.29, 0.717) is 0 Å². The third-order valence-electron chi connectivity index (χ3n) is 4.75. The summed E-state index contributed by atoms with van der Waals surface area (Å²) in [4.78, 5) is 0. The molecule has 3 aromatic rings. The van der Waals surface area contributed by atoms with Crippen molar-refractivity contribution in [2.75, 3.05) is 0 Å². The van der Waals surface area contributed by atoms with E-state index in [-0.39, 0.29) is 5.92 Å². The molecule has 128 valence electrons. The Hall–Kier alpha value is -3.12. The van der Waals surface area contributed by atoms with Gasteiger partial charge in [0.15, 0.2) is 0 Å². The molecule has 0 atom stereocenters. The zero-order valence-corrected chi connectivity index (χ0v) is 15.1. The first kappa shape index (κ1) is 17.7. The fourth-order valence-corrected chi connectivity index (χ4v) is 3.26. The predicted molar refractivity (Wildman–Crippen MR) is 115 cm³/mol. The Bertz CT molecular complexity index is 861. The van der Waals surface area contributed by atoms with Gasteiger partial charge in [0.1, 0.15) is 0 Å². The van der Waals surface area contributed by atoms with Crippen molar-refractivity contribution in [3.05, 3.63) is 126 Å². The molecule has 0 radical (unpaired) electrons. The van der Waals surface area contributed by atoms with E-state index in [1.165, 1.54) is 16.7 Å². The van der Waals surface area contributed by atoms with Crippen LogP contribution in [0.25, 0.3) is 18.2 Å². The second-order valence-electron chi connectivity index (χ2n) is 6.45. The maximum Gasteiger partial charge on any atom is 0.0130 e. The molecule has 0 aliphatic rings. The lowest BCUT2D eigenvalue weighted by Crippen LogP contribution is -2.06. The van der Waals surface area contributed by atoms with Crippen LogP contribution in [0.4, 0.5) is 0 Å². The van der Waals surface area contributed by atoms with Crippen LogP contribution in [0.3, 0.4) is 0 Å². The molecular weight excluding hydrogens is 312 g/mol. The first-order valence-corrected chi connectivity index (χ1v) is 8.89. The summed E-state index contributed by atoms with van der Waals surface area (Å²) in [5, 5.41) is 0. The number of benzene rings is 3. The summed E-state index contributed by atoms with van der Waals surface area (Å²) in [6, 6.07) is 25.9. The third kappa shape index (κ3) is 4.10. The molecule has 0 amide bonds. The average Bonchev–Trinajstić information content (AvgIpc) is 2.72. The topological polar surface area (TPSA) is 0 Å². The van der Waals surface area contributed by atoms with Crippen molar-refractivity contribution in [3.63, 3.8) is 0 Å². The highest BCUT2D eigenvalue weighted by Crippen LogP contribution is 2.30. The summed E-state index contributed by atoms with van der Waals surface area (Å²) >= 11 is 0. The standard InChI is InChI=1S/C26H24/c1-4-20-13-15-23(16-14-20)19-26(24-11-7-9-21(5-2)17-24)25-12-8-10-22(6-3)18-25/h4-18,26H,1-3,19H2. The second kappa shape index (κ2) is 8.31. The van der Waals surface area contributed by atoms with E-state index in [1.54, 1.807) is 0 Å². The lowest BCUT2D eigenvalue weighted by atomic mass is 9.84. The minimum absolute atomic E-state index is 0.282. The van der Waals surface area contributed by atoms with E-state index in [9.17, 15) is 0 Å². The van der Waals surface area contributed by atoms with Crippen molar-refractivity contribution in [1.82, 2.24) is 0 Å². The molecular formula is C26H24. The molecule has 0 N–H and O–H groups in total. The van der Waals surface area contributed by atoms with Gasteiger partial charge in [-0.3, -0.25) is 0 Å². The van der Waals surface area contributed by atoms with Crippen molar-refractivity contribution in [2.45, 2.75) is 12.3 Å². The zero-order chi connectivity index (χ0) is 18.4. The fraction of sp³-hybridized carbons (Fsp3) is 0.0769. The van der Waals surface area contributed by atoms with Crippen LogP contribution in [-0.4, -0.2) is 0 Å². The maximum absolute atomic E-state index is 3.91. The van der Waals surface area contributed by atoms with Gasteiger partial charge in [-0.15, -0.1) is 0 Å². The number of hydrogen-bond acceptors (Lipinski definition) is 0. The third-order valence-corrected chi connectivity index (χ3v) is 4.75. The smallest absolute Gasteiger partial charge is 0.0130 e. The van der Waals surface area contributed by atoms with Crippen molar-refractivity contribution >= 4 is 18.2 Å². The van der Waals surface area contributed by atoms with Crippen LogP contribution in [0, 0.1) is 0 Å². The normalized spacial score (nSPS) is 10.5. The van der Waals surface area contributed by atoms with Gasteiger partial charge in [0.25, 0.3) is 0 Å². The first-order chi connectivity index (χ1) is 12.7. The minimum atomic E-state index is 0.282. The molecule has 0 heteroatoms. The molecule has 0 aliphatic carbocycles. The lowest BCUT2D eigenvalue weighted by molar-refractivity contribution is 0.804. The van der Waals surface area contributed by atoms with Gasteiger partial charge >= 0.3 is 0 Å². The average molecular weight is 336 g/mol. The van der Waals surface area contributed by atoms with Crippen molar-refractivity contribution in [3.8, 4) is 0 Å². The van der Waals surface area contributed by atoms with Gasteiger partial charge in [0.2, 0.25) is 0 Å². The van der Waals surface area contributed by atoms with E-state index in [4.69, 9.17) is 0 Å². The molecule has 26 heavy (non-hydrogen) atoms. The van der Waals surface area contributed by atoms with E-state index in [1.807, 2.05) is 18.2 Å². The quantitative estimate of drug-likeness (QED) is 0.436. The number of hydrogen-bond donors (Lipinski definition) is 0. The first-order valence-electron chi connectivity index (χ1n) is 8.89. The summed E-state index contributed by atoms with van der Waals surface area (Å²) in [5.74, 6) is 0.282. The molecule has 0 saturated carbocycles. The van der Waals surface area contributed by atoms with Gasteiger partial charge in [0.05, 0.1) is 0 Å². The van der Waals surface area contributed by atoms with Gasteiger partial charge < -0.3 is 0 Å². The Labute approximate surface area is 156 Å². The van der Waals surface area contributed by atoms with E-state index in [0.717, 1.165) is 23.1 Å². The zero-order valence-electron chi connectivity index (χ0n) is 15.1. The van der Waals surface area contributed by atoms with Crippen LogP contribution >= 0.6 is 0 Å². The SMILES string of the molecule is C=Cc1ccc(CC(c2cccc(C=C)c2)c2cccc(C=C)c2)cc1. The lowest BCUT2D eigenvalue weighted by Gasteiger charge is -2.20. The number of rotatable bonds is 7. The van der Waals surface area contributed by atoms with Crippen molar-refractivity contribution < 1.29 is 0 Å². The summed E-state index contributed by atoms with van der Waals surface area (Å²) in [6.45, 7) is 11.7. The van der Waals surface area contributed by atoms with Crippen LogP contribution < -0.4 is 0 Å². The van der Waals surface area contributed by atoms with Gasteiger partial charge in [-0.1, -0.05) is 111 Å². The predicted octanol–water partition coefficient (Wildman–Crippen LogP) is 6.99. The Morgan fingerprint density at radius 1 is 0.615 bits per heavy atom. The summed E-state index contributed by atoms with van der Waals surface area (Å²) in [6.07, 6.45) is 6.63. The molecule has 0 spiro atoms. The highest BCUT2D eigenvalue weighted by atomic mass is 14.2. The maximum atomic E-state index is 3.91. The molecule has 0 aliphatic heterocycles. The van der Waals surface area contributed by atoms with Crippen molar-refractivity contribution in [2.24, 2.45) is 0 Å². The van der Waals surface area contributed by atoms with Crippen molar-refractivity contribution in [1.29, 1.82) is 0 Å². The monoisotopic (exact) mass is 336 g/mol. The molecule has 3 rings (SSSR count). The fourth-order valence-electron chi connectivity index (χ4n) is 3.26. The Morgan fingerprint density at radius 2 is 1.12 bits per heavy atom. The largest absolute Gasteiger partial charge is 0.0985 e. The molecule has 0 heterocycles. The molecule has 0 nitrogen and oxygen atoms in total. The molecule has 0 unspecified atom stereocenters. The molecule has 0 aromatic heterocycles. The minimum Gasteiger partial charge on any atom is -0.0985 e. The molecule has 0 fully saturated rings. The van der Waals surface area contributed by atoms with Gasteiger partial charge in [0, 0.05) is 5.92 Å². The van der Waals surface area contributed by atoms with Crippen LogP contribution in [0.15, 0.2) is 92.5 Å². The van der Waals surface area contributed by atoms with E-state index < -0.39 is 0 Å². The Kier molecular flexibility index (Phi) is 5.66. The van der Waals surface area contributed by atoms with Gasteiger partial charge in [-0.2, -0.15) is 0 Å². The Balaban J connectivity index is 2.03. The highest BCUT2D eigenvalue weighted by molar-refractivity contribution is 5.53. The Morgan fingerprint density at radius 3 is 1.58 bits per heavy atom. The summed E-state index contributed by atoms with van der Waals surface area (Å²) < 4.78 is 0. The van der Waals surface area contributed by atoms with Crippen LogP contribution in [0.2, 0.25) is 0 Å². The highest BCUT2D eigenvalue weighted by Gasteiger charge is 2.15. The second-order valence-corrected chi connectivity index (χ2v) is 6.45. The van der Waals surface area contributed by atoms with Gasteiger partial charge in [-0.25, -0.2) is 0 Å². The molecule has 0 saturated heterocycles. The summed E-state index contributed by atoms with van der Waals surface area (Å²) in [7, 11) is 0. The van der Waals surface area contributed by atoms with Gasteiger partial charge in [-0.05, 0) is 39.8 Å². The van der Waals surface area contributed by atoms with Crippen LogP contribution in [0.5, 0.6) is 0 Å². The van der Waals surface area contributed by atoms with Crippen LogP contribution in [0.1, 0.15) is 39.3 Å². The molecule has 0 bridgehead atoms. The van der Waals surface area contributed by atoms with E-state index >= 15 is 0 Å². The molecule has 3 aromatic carbocycles. The van der Waals surface area contributed by atoms with E-state index in [2.05, 4.69) is 92.5 Å². The van der Waals surface area contributed by atoms with Crippen LogP contribution in [-0.2, 0) is 6.42 Å². The summed E-state index contributed by atoms with van der Waals surface area (Å²) in [5.41, 5.74) is 7.36.